The Morgan fingerprint density at radius 1 is 1.10 bits per heavy atom. The number of benzene rings is 2. The molecule has 2 aromatic rings. The first kappa shape index (κ1) is 21.6. The maximum absolute atomic E-state index is 12.4. The molecule has 0 bridgehead atoms. The molecule has 1 fully saturated rings. The smallest absolute Gasteiger partial charge is 0.293 e. The molecule has 1 saturated heterocycles. The molecule has 152 valence electrons. The Kier molecular flexibility index (Phi) is 6.77. The van der Waals surface area contributed by atoms with Gasteiger partial charge in [0.1, 0.15) is 6.61 Å². The van der Waals surface area contributed by atoms with Gasteiger partial charge in [-0.3, -0.25) is 14.5 Å². The van der Waals surface area contributed by atoms with Gasteiger partial charge in [-0.05, 0) is 61.5 Å². The minimum absolute atomic E-state index is 0.182. The van der Waals surface area contributed by atoms with Gasteiger partial charge in [0.2, 0.25) is 0 Å². The van der Waals surface area contributed by atoms with Crippen LogP contribution in [0, 0.1) is 0 Å². The third-order valence-electron chi connectivity index (χ3n) is 4.22. The monoisotopic (exact) mass is 451 g/mol. The normalized spacial score (nSPS) is 15.5. The number of hydrogen-bond donors (Lipinski definition) is 0. The summed E-state index contributed by atoms with van der Waals surface area (Å²) in [5, 5.41) is 0.819. The fraction of sp³-hybridized carbons (Fsp3) is 0.238. The summed E-state index contributed by atoms with van der Waals surface area (Å²) < 4.78 is 11.3. The first-order valence-electron chi connectivity index (χ1n) is 8.82. The Hall–Kier alpha value is -2.15. The van der Waals surface area contributed by atoms with E-state index in [1.165, 1.54) is 12.0 Å². The second-order valence-electron chi connectivity index (χ2n) is 6.58. The molecule has 1 heterocycles. The lowest BCUT2D eigenvalue weighted by Crippen LogP contribution is -2.34. The van der Waals surface area contributed by atoms with Crippen LogP contribution in [-0.4, -0.2) is 29.2 Å². The molecule has 29 heavy (non-hydrogen) atoms. The average Bonchev–Trinajstić information content (AvgIpc) is 2.95. The van der Waals surface area contributed by atoms with Crippen LogP contribution in [0.4, 0.5) is 4.79 Å². The number of halogens is 2. The average molecular weight is 452 g/mol. The van der Waals surface area contributed by atoms with Crippen LogP contribution in [0.3, 0.4) is 0 Å². The van der Waals surface area contributed by atoms with Crippen LogP contribution in [0.1, 0.15) is 25.0 Å². The minimum atomic E-state index is -0.285. The summed E-state index contributed by atoms with van der Waals surface area (Å²) in [6.45, 7) is 3.86. The first-order valence-corrected chi connectivity index (χ1v) is 10.4. The maximum Gasteiger partial charge on any atom is 0.293 e. The number of carbonyl (C=O) groups is 2. The number of amides is 2. The van der Waals surface area contributed by atoms with Gasteiger partial charge in [0.15, 0.2) is 11.5 Å². The van der Waals surface area contributed by atoms with E-state index in [-0.39, 0.29) is 23.8 Å². The Labute approximate surface area is 183 Å². The molecular weight excluding hydrogens is 433 g/mol. The van der Waals surface area contributed by atoms with E-state index < -0.39 is 0 Å². The summed E-state index contributed by atoms with van der Waals surface area (Å²) >= 11 is 13.0. The van der Waals surface area contributed by atoms with E-state index in [0.717, 1.165) is 22.9 Å². The van der Waals surface area contributed by atoms with Crippen molar-refractivity contribution < 1.29 is 19.1 Å². The fourth-order valence-electron chi connectivity index (χ4n) is 2.76. The standard InChI is InChI=1S/C21H19Cl2NO4S/c1-12(2)24-20(25)19(29-21(24)26)9-13-4-7-17(18(8-13)27-3)28-11-14-5-6-15(22)10-16(14)23/h4-10,12H,11H2,1-3H3/b19-9+. The Balaban J connectivity index is 1.78. The Morgan fingerprint density at radius 3 is 2.48 bits per heavy atom. The van der Waals surface area contributed by atoms with Crippen molar-refractivity contribution >= 4 is 52.2 Å². The molecule has 0 aliphatic carbocycles. The number of thioether (sulfide) groups is 1. The summed E-state index contributed by atoms with van der Waals surface area (Å²) in [5.74, 6) is 0.754. The minimum Gasteiger partial charge on any atom is -0.493 e. The van der Waals surface area contributed by atoms with E-state index in [1.54, 1.807) is 56.3 Å². The molecule has 1 aliphatic rings. The highest BCUT2D eigenvalue weighted by Gasteiger charge is 2.36. The van der Waals surface area contributed by atoms with Crippen LogP contribution in [0.25, 0.3) is 6.08 Å². The summed E-state index contributed by atoms with van der Waals surface area (Å²) in [6, 6.07) is 10.3. The number of ether oxygens (including phenoxy) is 2. The number of rotatable bonds is 6. The molecule has 0 aromatic heterocycles. The van der Waals surface area contributed by atoms with E-state index in [2.05, 4.69) is 0 Å². The number of hydrogen-bond acceptors (Lipinski definition) is 5. The first-order chi connectivity index (χ1) is 13.8. The number of methoxy groups -OCH3 is 1. The zero-order valence-corrected chi connectivity index (χ0v) is 18.4. The van der Waals surface area contributed by atoms with Crippen LogP contribution in [0.5, 0.6) is 11.5 Å². The summed E-state index contributed by atoms with van der Waals surface area (Å²) in [5.41, 5.74) is 1.53. The van der Waals surface area contributed by atoms with E-state index in [0.29, 0.717) is 26.4 Å². The van der Waals surface area contributed by atoms with Crippen molar-refractivity contribution in [1.82, 2.24) is 4.90 Å². The third-order valence-corrected chi connectivity index (χ3v) is 5.69. The molecule has 5 nitrogen and oxygen atoms in total. The topological polar surface area (TPSA) is 55.8 Å². The second-order valence-corrected chi connectivity index (χ2v) is 8.42. The largest absolute Gasteiger partial charge is 0.493 e. The summed E-state index contributed by atoms with van der Waals surface area (Å²) in [7, 11) is 1.54. The molecule has 8 heteroatoms. The van der Waals surface area contributed by atoms with Gasteiger partial charge in [0.25, 0.3) is 11.1 Å². The molecule has 1 aliphatic heterocycles. The fourth-order valence-corrected chi connectivity index (χ4v) is 4.19. The molecule has 3 rings (SSSR count). The lowest BCUT2D eigenvalue weighted by molar-refractivity contribution is -0.123. The van der Waals surface area contributed by atoms with Gasteiger partial charge in [0.05, 0.1) is 12.0 Å². The quantitative estimate of drug-likeness (QED) is 0.502. The Morgan fingerprint density at radius 2 is 1.86 bits per heavy atom. The van der Waals surface area contributed by atoms with Crippen LogP contribution in [0.15, 0.2) is 41.3 Å². The van der Waals surface area contributed by atoms with E-state index in [9.17, 15) is 9.59 Å². The third kappa shape index (κ3) is 4.89. The summed E-state index contributed by atoms with van der Waals surface area (Å²) in [4.78, 5) is 26.1. The van der Waals surface area contributed by atoms with Crippen molar-refractivity contribution in [3.8, 4) is 11.5 Å². The highest BCUT2D eigenvalue weighted by molar-refractivity contribution is 8.18. The van der Waals surface area contributed by atoms with Gasteiger partial charge < -0.3 is 9.47 Å². The Bertz CT molecular complexity index is 991. The molecule has 2 aromatic carbocycles. The second kappa shape index (κ2) is 9.11. The van der Waals surface area contributed by atoms with Crippen LogP contribution >= 0.6 is 35.0 Å². The maximum atomic E-state index is 12.4. The van der Waals surface area contributed by atoms with Gasteiger partial charge >= 0.3 is 0 Å². The number of nitrogens with zero attached hydrogens (tertiary/aromatic N) is 1. The molecule has 0 atom stereocenters. The van der Waals surface area contributed by atoms with E-state index >= 15 is 0 Å². The van der Waals surface area contributed by atoms with E-state index in [4.69, 9.17) is 32.7 Å². The van der Waals surface area contributed by atoms with Gasteiger partial charge in [-0.1, -0.05) is 35.3 Å². The van der Waals surface area contributed by atoms with Crippen LogP contribution in [0.2, 0.25) is 10.0 Å². The van der Waals surface area contributed by atoms with Crippen molar-refractivity contribution in [2.24, 2.45) is 0 Å². The van der Waals surface area contributed by atoms with Gasteiger partial charge in [-0.2, -0.15) is 0 Å². The van der Waals surface area contributed by atoms with E-state index in [1.807, 2.05) is 0 Å². The van der Waals surface area contributed by atoms with Gasteiger partial charge in [0, 0.05) is 21.7 Å². The van der Waals surface area contributed by atoms with Crippen LogP contribution in [-0.2, 0) is 11.4 Å². The van der Waals surface area contributed by atoms with Gasteiger partial charge in [-0.15, -0.1) is 0 Å². The predicted octanol–water partition coefficient (Wildman–Crippen LogP) is 6.03. The molecule has 0 unspecified atom stereocenters. The number of imide groups is 1. The zero-order valence-electron chi connectivity index (χ0n) is 16.1. The zero-order chi connectivity index (χ0) is 21.1. The van der Waals surface area contributed by atoms with Crippen molar-refractivity contribution in [2.75, 3.05) is 7.11 Å². The van der Waals surface area contributed by atoms with Crippen molar-refractivity contribution in [3.05, 3.63) is 62.5 Å². The highest BCUT2D eigenvalue weighted by Crippen LogP contribution is 2.35. The lowest BCUT2D eigenvalue weighted by Gasteiger charge is -2.16. The van der Waals surface area contributed by atoms with Crippen molar-refractivity contribution in [3.63, 3.8) is 0 Å². The molecule has 0 saturated carbocycles. The molecule has 0 radical (unpaired) electrons. The van der Waals surface area contributed by atoms with Crippen molar-refractivity contribution in [2.45, 2.75) is 26.5 Å². The molecule has 0 spiro atoms. The van der Waals surface area contributed by atoms with Crippen LogP contribution < -0.4 is 9.47 Å². The highest BCUT2D eigenvalue weighted by atomic mass is 35.5. The molecule has 2 amide bonds. The summed E-state index contributed by atoms with van der Waals surface area (Å²) in [6.07, 6.45) is 1.68. The van der Waals surface area contributed by atoms with Gasteiger partial charge in [-0.25, -0.2) is 0 Å². The molecule has 0 N–H and O–H groups in total. The molecular formula is C21H19Cl2NO4S. The SMILES string of the molecule is COc1cc(/C=C2/SC(=O)N(C(C)C)C2=O)ccc1OCc1ccc(Cl)cc1Cl. The lowest BCUT2D eigenvalue weighted by atomic mass is 10.1. The predicted molar refractivity (Wildman–Crippen MR) is 117 cm³/mol. The number of carbonyl (C=O) groups excluding carboxylic acids is 2. The van der Waals surface area contributed by atoms with Crippen molar-refractivity contribution in [1.29, 1.82) is 0 Å².